The Morgan fingerprint density at radius 2 is 2.00 bits per heavy atom. The number of nitrogens with one attached hydrogen (secondary N) is 1. The van der Waals surface area contributed by atoms with E-state index in [2.05, 4.69) is 32.2 Å². The molecule has 1 saturated carbocycles. The van der Waals surface area contributed by atoms with E-state index in [0.29, 0.717) is 5.41 Å². The predicted molar refractivity (Wildman–Crippen MR) is 82.7 cm³/mol. The predicted octanol–water partition coefficient (Wildman–Crippen LogP) is 3.64. The van der Waals surface area contributed by atoms with Gasteiger partial charge in [-0.1, -0.05) is 13.8 Å². The van der Waals surface area contributed by atoms with Crippen LogP contribution in [0.15, 0.2) is 11.8 Å². The van der Waals surface area contributed by atoms with Gasteiger partial charge in [-0.25, -0.2) is 0 Å². The molecular weight excluding hydrogens is 250 g/mol. The van der Waals surface area contributed by atoms with Crippen LogP contribution >= 0.6 is 0 Å². The zero-order valence-electron chi connectivity index (χ0n) is 13.6. The molecule has 0 aromatic heterocycles. The van der Waals surface area contributed by atoms with Crippen molar-refractivity contribution >= 4 is 0 Å². The van der Waals surface area contributed by atoms with Gasteiger partial charge < -0.3 is 14.8 Å². The lowest BCUT2D eigenvalue weighted by Gasteiger charge is -2.48. The van der Waals surface area contributed by atoms with E-state index < -0.39 is 0 Å². The van der Waals surface area contributed by atoms with Crippen LogP contribution in [0, 0.1) is 5.41 Å². The standard InChI is InChI=1S/C17H31NO2/c1-5-20-17(11-9-16(2,3)10-12-17)15(18-4)14-8-6-7-13-19-14/h8,15,18H,5-7,9-13H2,1-4H3. The molecule has 0 aromatic rings. The van der Waals surface area contributed by atoms with Gasteiger partial charge in [0.25, 0.3) is 0 Å². The van der Waals surface area contributed by atoms with Crippen molar-refractivity contribution in [2.24, 2.45) is 5.41 Å². The fourth-order valence-corrected chi connectivity index (χ4v) is 3.60. The van der Waals surface area contributed by atoms with Crippen LogP contribution in [0.1, 0.15) is 59.3 Å². The second-order valence-electron chi connectivity index (χ2n) is 6.98. The maximum atomic E-state index is 6.29. The summed E-state index contributed by atoms with van der Waals surface area (Å²) in [6.45, 7) is 8.45. The highest BCUT2D eigenvalue weighted by Crippen LogP contribution is 2.45. The molecule has 1 aliphatic heterocycles. The van der Waals surface area contributed by atoms with Gasteiger partial charge in [-0.05, 0) is 64.0 Å². The normalized spacial score (nSPS) is 26.5. The van der Waals surface area contributed by atoms with E-state index in [-0.39, 0.29) is 11.6 Å². The molecule has 3 heteroatoms. The van der Waals surface area contributed by atoms with E-state index in [9.17, 15) is 0 Å². The quantitative estimate of drug-likeness (QED) is 0.834. The van der Waals surface area contributed by atoms with Gasteiger partial charge in [-0.2, -0.15) is 0 Å². The third-order valence-corrected chi connectivity index (χ3v) is 4.94. The van der Waals surface area contributed by atoms with Gasteiger partial charge in [0.2, 0.25) is 0 Å². The highest BCUT2D eigenvalue weighted by atomic mass is 16.5. The highest BCUT2D eigenvalue weighted by molar-refractivity contribution is 5.15. The summed E-state index contributed by atoms with van der Waals surface area (Å²) in [6, 6.07) is 0.193. The van der Waals surface area contributed by atoms with Crippen molar-refractivity contribution in [1.29, 1.82) is 0 Å². The summed E-state index contributed by atoms with van der Waals surface area (Å²) in [4.78, 5) is 0. The Bertz CT molecular complexity index is 339. The molecule has 116 valence electrons. The largest absolute Gasteiger partial charge is 0.496 e. The molecule has 1 aliphatic carbocycles. The van der Waals surface area contributed by atoms with Gasteiger partial charge >= 0.3 is 0 Å². The fraction of sp³-hybridized carbons (Fsp3) is 0.882. The molecule has 0 aromatic carbocycles. The van der Waals surface area contributed by atoms with Crippen molar-refractivity contribution in [3.63, 3.8) is 0 Å². The van der Waals surface area contributed by atoms with Gasteiger partial charge in [-0.3, -0.25) is 0 Å². The zero-order chi connectivity index (χ0) is 14.6. The summed E-state index contributed by atoms with van der Waals surface area (Å²) < 4.78 is 12.2. The second-order valence-corrected chi connectivity index (χ2v) is 6.98. The molecule has 1 atom stereocenters. The van der Waals surface area contributed by atoms with E-state index in [1.165, 1.54) is 12.8 Å². The van der Waals surface area contributed by atoms with Crippen LogP contribution in [0.25, 0.3) is 0 Å². The molecule has 1 fully saturated rings. The molecule has 0 bridgehead atoms. The van der Waals surface area contributed by atoms with E-state index in [1.807, 2.05) is 7.05 Å². The topological polar surface area (TPSA) is 30.5 Å². The molecule has 2 rings (SSSR count). The van der Waals surface area contributed by atoms with Crippen LogP contribution < -0.4 is 5.32 Å². The van der Waals surface area contributed by atoms with Crippen molar-refractivity contribution in [3.8, 4) is 0 Å². The second kappa shape index (κ2) is 6.48. The summed E-state index contributed by atoms with van der Waals surface area (Å²) in [5.41, 5.74) is 0.350. The van der Waals surface area contributed by atoms with Crippen molar-refractivity contribution in [1.82, 2.24) is 5.32 Å². The Labute approximate surface area is 124 Å². The molecular formula is C17H31NO2. The van der Waals surface area contributed by atoms with Crippen LogP contribution in [-0.4, -0.2) is 31.9 Å². The molecule has 0 spiro atoms. The van der Waals surface area contributed by atoms with E-state index in [1.54, 1.807) is 0 Å². The molecule has 0 radical (unpaired) electrons. The molecule has 2 aliphatic rings. The molecule has 20 heavy (non-hydrogen) atoms. The third kappa shape index (κ3) is 3.37. The number of ether oxygens (including phenoxy) is 2. The molecule has 0 amide bonds. The summed E-state index contributed by atoms with van der Waals surface area (Å²) in [6.07, 6.45) is 9.18. The van der Waals surface area contributed by atoms with Crippen LogP contribution in [-0.2, 0) is 9.47 Å². The lowest BCUT2D eigenvalue weighted by Crippen LogP contribution is -2.55. The molecule has 3 nitrogen and oxygen atoms in total. The van der Waals surface area contributed by atoms with Gasteiger partial charge in [0, 0.05) is 6.61 Å². The Hall–Kier alpha value is -0.540. The van der Waals surface area contributed by atoms with Crippen molar-refractivity contribution in [2.45, 2.75) is 70.9 Å². The minimum Gasteiger partial charge on any atom is -0.496 e. The lowest BCUT2D eigenvalue weighted by atomic mass is 9.68. The highest BCUT2D eigenvalue weighted by Gasteiger charge is 2.46. The van der Waals surface area contributed by atoms with E-state index >= 15 is 0 Å². The van der Waals surface area contributed by atoms with Crippen LogP contribution in [0.3, 0.4) is 0 Å². The Balaban J connectivity index is 2.19. The monoisotopic (exact) mass is 281 g/mol. The van der Waals surface area contributed by atoms with Gasteiger partial charge in [0.15, 0.2) is 0 Å². The summed E-state index contributed by atoms with van der Waals surface area (Å²) >= 11 is 0. The van der Waals surface area contributed by atoms with Crippen molar-refractivity contribution in [3.05, 3.63) is 11.8 Å². The van der Waals surface area contributed by atoms with Crippen LogP contribution in [0.5, 0.6) is 0 Å². The van der Waals surface area contributed by atoms with Crippen molar-refractivity contribution < 1.29 is 9.47 Å². The lowest BCUT2D eigenvalue weighted by molar-refractivity contribution is -0.107. The maximum Gasteiger partial charge on any atom is 0.112 e. The molecule has 0 saturated heterocycles. The summed E-state index contributed by atoms with van der Waals surface area (Å²) in [7, 11) is 2.03. The first-order chi connectivity index (χ1) is 9.53. The Kier molecular flexibility index (Phi) is 5.14. The average molecular weight is 281 g/mol. The molecule has 1 heterocycles. The van der Waals surface area contributed by atoms with Crippen LogP contribution in [0.4, 0.5) is 0 Å². The Morgan fingerprint density at radius 1 is 1.30 bits per heavy atom. The number of hydrogen-bond donors (Lipinski definition) is 1. The molecule has 1 N–H and O–H groups in total. The minimum atomic E-state index is -0.0950. The number of rotatable bonds is 5. The first kappa shape index (κ1) is 15.8. The minimum absolute atomic E-state index is 0.0950. The van der Waals surface area contributed by atoms with Crippen LogP contribution in [0.2, 0.25) is 0 Å². The number of allylic oxidation sites excluding steroid dienone is 1. The zero-order valence-corrected chi connectivity index (χ0v) is 13.6. The number of likely N-dealkylation sites (N-methyl/N-ethyl adjacent to an activating group) is 1. The van der Waals surface area contributed by atoms with Gasteiger partial charge in [0.1, 0.15) is 5.76 Å². The first-order valence-electron chi connectivity index (χ1n) is 8.17. The Morgan fingerprint density at radius 3 is 2.50 bits per heavy atom. The summed E-state index contributed by atoms with van der Waals surface area (Å²) in [5, 5.41) is 3.48. The van der Waals surface area contributed by atoms with Crippen molar-refractivity contribution in [2.75, 3.05) is 20.3 Å². The third-order valence-electron chi connectivity index (χ3n) is 4.94. The van der Waals surface area contributed by atoms with E-state index in [0.717, 1.165) is 44.7 Å². The van der Waals surface area contributed by atoms with E-state index in [4.69, 9.17) is 9.47 Å². The smallest absolute Gasteiger partial charge is 0.112 e. The first-order valence-corrected chi connectivity index (χ1v) is 8.17. The fourth-order valence-electron chi connectivity index (χ4n) is 3.60. The van der Waals surface area contributed by atoms with Gasteiger partial charge in [0.05, 0.1) is 18.2 Å². The number of hydrogen-bond acceptors (Lipinski definition) is 3. The SMILES string of the molecule is CCOC1(C(NC)C2=CCCCO2)CCC(C)(C)CC1. The molecule has 1 unspecified atom stereocenters. The average Bonchev–Trinajstić information content (AvgIpc) is 2.44. The summed E-state index contributed by atoms with van der Waals surface area (Å²) in [5.74, 6) is 1.10. The van der Waals surface area contributed by atoms with Gasteiger partial charge in [-0.15, -0.1) is 0 Å². The maximum absolute atomic E-state index is 6.29.